The van der Waals surface area contributed by atoms with Crippen molar-refractivity contribution in [3.05, 3.63) is 5.01 Å². The molecule has 2 fully saturated rings. The first-order valence-electron chi connectivity index (χ1n) is 8.67. The number of likely N-dealkylation sites (tertiary alicyclic amines) is 1. The van der Waals surface area contributed by atoms with Gasteiger partial charge in [-0.15, -0.1) is 10.2 Å². The van der Waals surface area contributed by atoms with E-state index in [0.29, 0.717) is 43.8 Å². The van der Waals surface area contributed by atoms with E-state index < -0.39 is 0 Å². The molecule has 2 heterocycles. The maximum absolute atomic E-state index is 12.4. The van der Waals surface area contributed by atoms with Crippen LogP contribution in [0, 0.1) is 5.92 Å². The van der Waals surface area contributed by atoms with Gasteiger partial charge in [0.2, 0.25) is 16.9 Å². The minimum Gasteiger partial charge on any atom is -0.381 e. The molecule has 0 radical (unpaired) electrons. The number of nitrogens with one attached hydrogen (secondary N) is 1. The Morgan fingerprint density at radius 3 is 2.92 bits per heavy atom. The number of anilines is 1. The van der Waals surface area contributed by atoms with Gasteiger partial charge in [0, 0.05) is 32.0 Å². The molecular formula is C16H24N4O3S. The van der Waals surface area contributed by atoms with E-state index in [0.717, 1.165) is 17.8 Å². The number of carbonyl (C=O) groups excluding carboxylic acids is 2. The van der Waals surface area contributed by atoms with Crippen LogP contribution in [-0.2, 0) is 20.7 Å². The van der Waals surface area contributed by atoms with Crippen LogP contribution in [0.25, 0.3) is 0 Å². The lowest BCUT2D eigenvalue weighted by Crippen LogP contribution is -2.35. The Bertz CT molecular complexity index is 586. The first kappa shape index (κ1) is 17.3. The summed E-state index contributed by atoms with van der Waals surface area (Å²) in [5, 5.41) is 12.2. The molecule has 0 aromatic carbocycles. The highest BCUT2D eigenvalue weighted by molar-refractivity contribution is 7.15. The number of amides is 2. The molecular weight excluding hydrogens is 328 g/mol. The summed E-state index contributed by atoms with van der Waals surface area (Å²) in [4.78, 5) is 26.5. The Morgan fingerprint density at radius 2 is 2.17 bits per heavy atom. The SMILES string of the molecule is CCOCCc1nnc(NC(=O)C2CC(=O)N(C3CCCC3)C2)s1. The Kier molecular flexibility index (Phi) is 5.78. The van der Waals surface area contributed by atoms with Gasteiger partial charge in [-0.3, -0.25) is 9.59 Å². The first-order valence-corrected chi connectivity index (χ1v) is 9.49. The van der Waals surface area contributed by atoms with Crippen LogP contribution in [-0.4, -0.2) is 52.7 Å². The summed E-state index contributed by atoms with van der Waals surface area (Å²) in [6.07, 6.45) is 5.50. The lowest BCUT2D eigenvalue weighted by atomic mass is 10.1. The lowest BCUT2D eigenvalue weighted by molar-refractivity contribution is -0.129. The first-order chi connectivity index (χ1) is 11.7. The van der Waals surface area contributed by atoms with Crippen LogP contribution in [0.3, 0.4) is 0 Å². The molecule has 8 heteroatoms. The van der Waals surface area contributed by atoms with Crippen molar-refractivity contribution in [2.24, 2.45) is 5.92 Å². The quantitative estimate of drug-likeness (QED) is 0.757. The molecule has 0 spiro atoms. The van der Waals surface area contributed by atoms with Crippen LogP contribution >= 0.6 is 11.3 Å². The molecule has 1 aliphatic heterocycles. The normalized spacial score (nSPS) is 21.6. The van der Waals surface area contributed by atoms with Crippen LogP contribution in [0.2, 0.25) is 0 Å². The lowest BCUT2D eigenvalue weighted by Gasteiger charge is -2.23. The van der Waals surface area contributed by atoms with Crippen molar-refractivity contribution in [1.29, 1.82) is 0 Å². The smallest absolute Gasteiger partial charge is 0.231 e. The summed E-state index contributed by atoms with van der Waals surface area (Å²) in [5.74, 6) is -0.304. The molecule has 2 aliphatic rings. The summed E-state index contributed by atoms with van der Waals surface area (Å²) >= 11 is 1.36. The predicted molar refractivity (Wildman–Crippen MR) is 90.8 cm³/mol. The molecule has 0 bridgehead atoms. The third-order valence-corrected chi connectivity index (χ3v) is 5.55. The molecule has 1 aliphatic carbocycles. The number of rotatable bonds is 7. The van der Waals surface area contributed by atoms with E-state index in [1.807, 2.05) is 11.8 Å². The largest absolute Gasteiger partial charge is 0.381 e. The van der Waals surface area contributed by atoms with Gasteiger partial charge in [-0.1, -0.05) is 24.2 Å². The second-order valence-corrected chi connectivity index (χ2v) is 7.38. The molecule has 1 saturated heterocycles. The fourth-order valence-electron chi connectivity index (χ4n) is 3.39. The second-order valence-electron chi connectivity index (χ2n) is 6.32. The fourth-order valence-corrected chi connectivity index (χ4v) is 4.12. The number of nitrogens with zero attached hydrogens (tertiary/aromatic N) is 3. The average molecular weight is 352 g/mol. The maximum atomic E-state index is 12.4. The summed E-state index contributed by atoms with van der Waals surface area (Å²) in [6.45, 7) is 3.76. The van der Waals surface area contributed by atoms with Crippen molar-refractivity contribution in [2.75, 3.05) is 25.1 Å². The van der Waals surface area contributed by atoms with Gasteiger partial charge in [-0.25, -0.2) is 0 Å². The highest BCUT2D eigenvalue weighted by Crippen LogP contribution is 2.30. The molecule has 132 valence electrons. The fraction of sp³-hybridized carbons (Fsp3) is 0.750. The molecule has 1 unspecified atom stereocenters. The van der Waals surface area contributed by atoms with Crippen LogP contribution in [0.1, 0.15) is 44.0 Å². The Labute approximate surface area is 145 Å². The van der Waals surface area contributed by atoms with E-state index in [1.165, 1.54) is 24.2 Å². The molecule has 1 atom stereocenters. The van der Waals surface area contributed by atoms with E-state index in [1.54, 1.807) is 0 Å². The minimum atomic E-state index is -0.283. The number of carbonyl (C=O) groups is 2. The monoisotopic (exact) mass is 352 g/mol. The van der Waals surface area contributed by atoms with Gasteiger partial charge in [-0.05, 0) is 19.8 Å². The predicted octanol–water partition coefficient (Wildman–Crippen LogP) is 1.85. The number of ether oxygens (including phenoxy) is 1. The molecule has 1 aromatic heterocycles. The van der Waals surface area contributed by atoms with Gasteiger partial charge in [0.05, 0.1) is 12.5 Å². The summed E-state index contributed by atoms with van der Waals surface area (Å²) in [6, 6.07) is 0.335. The van der Waals surface area contributed by atoms with E-state index >= 15 is 0 Å². The van der Waals surface area contributed by atoms with E-state index in [4.69, 9.17) is 4.74 Å². The van der Waals surface area contributed by atoms with Gasteiger partial charge in [0.25, 0.3) is 0 Å². The summed E-state index contributed by atoms with van der Waals surface area (Å²) < 4.78 is 5.29. The Balaban J connectivity index is 1.51. The summed E-state index contributed by atoms with van der Waals surface area (Å²) in [7, 11) is 0. The Morgan fingerprint density at radius 1 is 1.38 bits per heavy atom. The number of hydrogen-bond donors (Lipinski definition) is 1. The van der Waals surface area contributed by atoms with Gasteiger partial charge in [-0.2, -0.15) is 0 Å². The van der Waals surface area contributed by atoms with Gasteiger partial charge in [0.1, 0.15) is 5.01 Å². The second kappa shape index (κ2) is 8.02. The van der Waals surface area contributed by atoms with Gasteiger partial charge < -0.3 is 15.0 Å². The molecule has 2 amide bonds. The van der Waals surface area contributed by atoms with Crippen molar-refractivity contribution in [2.45, 2.75) is 51.5 Å². The van der Waals surface area contributed by atoms with Crippen molar-refractivity contribution in [3.8, 4) is 0 Å². The third-order valence-electron chi connectivity index (χ3n) is 4.66. The molecule has 1 saturated carbocycles. The van der Waals surface area contributed by atoms with Crippen molar-refractivity contribution in [1.82, 2.24) is 15.1 Å². The van der Waals surface area contributed by atoms with Crippen LogP contribution in [0.5, 0.6) is 0 Å². The average Bonchev–Trinajstić information content (AvgIpc) is 3.28. The van der Waals surface area contributed by atoms with Crippen LogP contribution in [0.15, 0.2) is 0 Å². The number of hydrogen-bond acceptors (Lipinski definition) is 6. The van der Waals surface area contributed by atoms with Crippen molar-refractivity contribution < 1.29 is 14.3 Å². The molecule has 24 heavy (non-hydrogen) atoms. The van der Waals surface area contributed by atoms with Crippen LogP contribution < -0.4 is 5.32 Å². The minimum absolute atomic E-state index is 0.108. The maximum Gasteiger partial charge on any atom is 0.231 e. The molecule has 7 nitrogen and oxygen atoms in total. The zero-order valence-corrected chi connectivity index (χ0v) is 14.8. The van der Waals surface area contributed by atoms with Gasteiger partial charge in [0.15, 0.2) is 0 Å². The zero-order valence-electron chi connectivity index (χ0n) is 14.0. The van der Waals surface area contributed by atoms with E-state index in [9.17, 15) is 9.59 Å². The topological polar surface area (TPSA) is 84.4 Å². The highest BCUT2D eigenvalue weighted by atomic mass is 32.1. The Hall–Kier alpha value is -1.54. The van der Waals surface area contributed by atoms with Crippen LogP contribution in [0.4, 0.5) is 5.13 Å². The highest BCUT2D eigenvalue weighted by Gasteiger charge is 2.38. The molecule has 1 N–H and O–H groups in total. The standard InChI is InChI=1S/C16H24N4O3S/c1-2-23-8-7-13-18-19-16(24-13)17-15(22)11-9-14(21)20(10-11)12-5-3-4-6-12/h11-12H,2-10H2,1H3,(H,17,19,22). The molecule has 3 rings (SSSR count). The van der Waals surface area contributed by atoms with Crippen molar-refractivity contribution in [3.63, 3.8) is 0 Å². The summed E-state index contributed by atoms with van der Waals surface area (Å²) in [5.41, 5.74) is 0. The van der Waals surface area contributed by atoms with Gasteiger partial charge >= 0.3 is 0 Å². The zero-order chi connectivity index (χ0) is 16.9. The third kappa shape index (κ3) is 4.10. The van der Waals surface area contributed by atoms with Crippen molar-refractivity contribution >= 4 is 28.3 Å². The van der Waals surface area contributed by atoms with E-state index in [-0.39, 0.29) is 17.7 Å². The number of aromatic nitrogens is 2. The van der Waals surface area contributed by atoms with E-state index in [2.05, 4.69) is 15.5 Å². The molecule has 1 aromatic rings.